The molecule has 0 aliphatic heterocycles. The van der Waals surface area contributed by atoms with E-state index in [1.165, 1.54) is 0 Å². The SMILES string of the molecule is CCOC=O.[Li]. The third kappa shape index (κ3) is 8.95. The molecule has 0 N–H and O–H groups in total. The molecular formula is C3H6LiO2. The van der Waals surface area contributed by atoms with Gasteiger partial charge >= 0.3 is 0 Å². The van der Waals surface area contributed by atoms with Crippen LogP contribution in [0.2, 0.25) is 0 Å². The van der Waals surface area contributed by atoms with E-state index < -0.39 is 0 Å². The Morgan fingerprint density at radius 2 is 2.33 bits per heavy atom. The maximum atomic E-state index is 9.18. The van der Waals surface area contributed by atoms with Crippen LogP contribution in [0.5, 0.6) is 0 Å². The molecule has 31 valence electrons. The molecule has 1 radical (unpaired) electrons. The van der Waals surface area contributed by atoms with Crippen LogP contribution in [0.3, 0.4) is 0 Å². The van der Waals surface area contributed by atoms with Crippen molar-refractivity contribution >= 4 is 25.3 Å². The van der Waals surface area contributed by atoms with Gasteiger partial charge in [0.25, 0.3) is 6.47 Å². The molecule has 3 heteroatoms. The van der Waals surface area contributed by atoms with Gasteiger partial charge in [0.2, 0.25) is 0 Å². The number of carbonyl (C=O) groups excluding carboxylic acids is 1. The van der Waals surface area contributed by atoms with Gasteiger partial charge in [-0.2, -0.15) is 0 Å². The Morgan fingerprint density at radius 1 is 1.83 bits per heavy atom. The molecule has 0 aliphatic carbocycles. The summed E-state index contributed by atoms with van der Waals surface area (Å²) in [4.78, 5) is 9.18. The molecule has 0 saturated heterocycles. The van der Waals surface area contributed by atoms with Crippen molar-refractivity contribution in [1.82, 2.24) is 0 Å². The molecule has 0 aromatic carbocycles. The second-order valence-corrected chi connectivity index (χ2v) is 0.552. The zero-order valence-electron chi connectivity index (χ0n) is 4.10. The fourth-order valence-electron chi connectivity index (χ4n) is 0.0680. The van der Waals surface area contributed by atoms with E-state index in [9.17, 15) is 4.79 Å². The minimum Gasteiger partial charge on any atom is -0.468 e. The first kappa shape index (κ1) is 9.42. The van der Waals surface area contributed by atoms with E-state index in [1.54, 1.807) is 6.92 Å². The number of ether oxygens (including phenoxy) is 1. The van der Waals surface area contributed by atoms with Gasteiger partial charge in [-0.3, -0.25) is 4.79 Å². The predicted molar refractivity (Wildman–Crippen MR) is 23.4 cm³/mol. The van der Waals surface area contributed by atoms with Crippen molar-refractivity contribution < 1.29 is 9.53 Å². The van der Waals surface area contributed by atoms with Crippen molar-refractivity contribution in [3.63, 3.8) is 0 Å². The molecule has 0 bridgehead atoms. The summed E-state index contributed by atoms with van der Waals surface area (Å²) < 4.78 is 4.15. The Kier molecular flexibility index (Phi) is 14.0. The van der Waals surface area contributed by atoms with Crippen LogP contribution in [0.4, 0.5) is 0 Å². The summed E-state index contributed by atoms with van der Waals surface area (Å²) in [5.41, 5.74) is 0. The molecule has 0 atom stereocenters. The largest absolute Gasteiger partial charge is 0.468 e. The fourth-order valence-corrected chi connectivity index (χ4v) is 0.0680. The summed E-state index contributed by atoms with van der Waals surface area (Å²) in [6.07, 6.45) is 0. The van der Waals surface area contributed by atoms with Gasteiger partial charge < -0.3 is 4.74 Å². The molecule has 0 aliphatic rings. The first-order valence-electron chi connectivity index (χ1n) is 1.47. The normalized spacial score (nSPS) is 5.50. The molecular weight excluding hydrogens is 75.0 g/mol. The van der Waals surface area contributed by atoms with Gasteiger partial charge in [-0.15, -0.1) is 0 Å². The molecule has 0 amide bonds. The number of rotatable bonds is 2. The van der Waals surface area contributed by atoms with E-state index in [0.29, 0.717) is 13.1 Å². The Morgan fingerprint density at radius 3 is 2.33 bits per heavy atom. The van der Waals surface area contributed by atoms with Crippen LogP contribution < -0.4 is 0 Å². The Hall–Kier alpha value is 0.0674. The average molecular weight is 81.0 g/mol. The minimum atomic E-state index is 0. The average Bonchev–Trinajstić information content (AvgIpc) is 1.41. The predicted octanol–water partition coefficient (Wildman–Crippen LogP) is -0.202. The molecule has 0 unspecified atom stereocenters. The Bertz CT molecular complexity index is 30.0. The fraction of sp³-hybridized carbons (Fsp3) is 0.667. The van der Waals surface area contributed by atoms with Gasteiger partial charge in [0.15, 0.2) is 0 Å². The van der Waals surface area contributed by atoms with Gasteiger partial charge in [0, 0.05) is 18.9 Å². The van der Waals surface area contributed by atoms with Crippen LogP contribution in [0.15, 0.2) is 0 Å². The van der Waals surface area contributed by atoms with Crippen LogP contribution in [0.25, 0.3) is 0 Å². The van der Waals surface area contributed by atoms with E-state index in [4.69, 9.17) is 0 Å². The van der Waals surface area contributed by atoms with Gasteiger partial charge in [-0.25, -0.2) is 0 Å². The molecule has 0 aromatic rings. The van der Waals surface area contributed by atoms with Crippen LogP contribution in [0, 0.1) is 0 Å². The van der Waals surface area contributed by atoms with E-state index in [1.807, 2.05) is 0 Å². The Labute approximate surface area is 49.0 Å². The third-order valence-electron chi connectivity index (χ3n) is 0.235. The maximum absolute atomic E-state index is 9.18. The minimum absolute atomic E-state index is 0. The molecule has 2 nitrogen and oxygen atoms in total. The monoisotopic (exact) mass is 81.1 g/mol. The zero-order chi connectivity index (χ0) is 4.12. The second kappa shape index (κ2) is 8.91. The molecule has 0 saturated carbocycles. The second-order valence-electron chi connectivity index (χ2n) is 0.552. The van der Waals surface area contributed by atoms with Crippen LogP contribution in [-0.2, 0) is 9.53 Å². The first-order valence-corrected chi connectivity index (χ1v) is 1.47. The summed E-state index contributed by atoms with van der Waals surface area (Å²) in [6.45, 7) is 2.66. The molecule has 0 fully saturated rings. The standard InChI is InChI=1S/C3H6O2.Li/c1-2-5-3-4;/h3H,2H2,1H3;. The van der Waals surface area contributed by atoms with E-state index in [2.05, 4.69) is 4.74 Å². The summed E-state index contributed by atoms with van der Waals surface area (Å²) >= 11 is 0. The summed E-state index contributed by atoms with van der Waals surface area (Å²) in [5.74, 6) is 0. The molecule has 0 heterocycles. The van der Waals surface area contributed by atoms with E-state index >= 15 is 0 Å². The van der Waals surface area contributed by atoms with E-state index in [0.717, 1.165) is 0 Å². The first-order chi connectivity index (χ1) is 2.41. The van der Waals surface area contributed by atoms with Crippen molar-refractivity contribution in [3.8, 4) is 0 Å². The molecule has 0 rings (SSSR count). The van der Waals surface area contributed by atoms with Crippen molar-refractivity contribution in [2.24, 2.45) is 0 Å². The Balaban J connectivity index is 0. The van der Waals surface area contributed by atoms with Gasteiger partial charge in [0.05, 0.1) is 6.61 Å². The topological polar surface area (TPSA) is 26.3 Å². The number of hydrogen-bond donors (Lipinski definition) is 0. The van der Waals surface area contributed by atoms with Crippen molar-refractivity contribution in [2.45, 2.75) is 6.92 Å². The van der Waals surface area contributed by atoms with Crippen LogP contribution >= 0.6 is 0 Å². The van der Waals surface area contributed by atoms with Crippen molar-refractivity contribution in [2.75, 3.05) is 6.61 Å². The van der Waals surface area contributed by atoms with Gasteiger partial charge in [-0.1, -0.05) is 0 Å². The quantitative estimate of drug-likeness (QED) is 0.340. The summed E-state index contributed by atoms with van der Waals surface area (Å²) in [5, 5.41) is 0. The van der Waals surface area contributed by atoms with Crippen molar-refractivity contribution in [3.05, 3.63) is 0 Å². The molecule has 0 spiro atoms. The van der Waals surface area contributed by atoms with Crippen LogP contribution in [0.1, 0.15) is 6.92 Å². The number of carbonyl (C=O) groups is 1. The van der Waals surface area contributed by atoms with Gasteiger partial charge in [0.1, 0.15) is 0 Å². The van der Waals surface area contributed by atoms with E-state index in [-0.39, 0.29) is 18.9 Å². The van der Waals surface area contributed by atoms with Crippen LogP contribution in [-0.4, -0.2) is 31.9 Å². The third-order valence-corrected chi connectivity index (χ3v) is 0.235. The smallest absolute Gasteiger partial charge is 0.293 e. The number of hydrogen-bond acceptors (Lipinski definition) is 2. The summed E-state index contributed by atoms with van der Waals surface area (Å²) in [6, 6.07) is 0. The molecule has 0 aromatic heterocycles. The molecule has 6 heavy (non-hydrogen) atoms. The maximum Gasteiger partial charge on any atom is 0.293 e. The van der Waals surface area contributed by atoms with Crippen molar-refractivity contribution in [1.29, 1.82) is 0 Å². The zero-order valence-corrected chi connectivity index (χ0v) is 4.10. The summed E-state index contributed by atoms with van der Waals surface area (Å²) in [7, 11) is 0. The van der Waals surface area contributed by atoms with Gasteiger partial charge in [-0.05, 0) is 6.92 Å².